The van der Waals surface area contributed by atoms with Crippen LogP contribution in [0.15, 0.2) is 18.2 Å². The lowest BCUT2D eigenvalue weighted by atomic mass is 9.43. The molecule has 7 unspecified atom stereocenters. The lowest BCUT2D eigenvalue weighted by Gasteiger charge is -2.63. The fourth-order valence-electron chi connectivity index (χ4n) is 10.9. The summed E-state index contributed by atoms with van der Waals surface area (Å²) < 4.78 is 0. The number of carboxylic acid groups (broad SMARTS) is 1. The summed E-state index contributed by atoms with van der Waals surface area (Å²) in [5.74, 6) is -2.16. The Morgan fingerprint density at radius 2 is 1.63 bits per heavy atom. The minimum absolute atomic E-state index is 0.00540. The minimum atomic E-state index is -1.31. The van der Waals surface area contributed by atoms with Crippen molar-refractivity contribution in [2.24, 2.45) is 52.3 Å². The van der Waals surface area contributed by atoms with Crippen LogP contribution in [0.25, 0.3) is 0 Å². The summed E-state index contributed by atoms with van der Waals surface area (Å²) in [6.45, 7) is 10.2. The van der Waals surface area contributed by atoms with Crippen molar-refractivity contribution in [2.45, 2.75) is 129 Å². The SMILES string of the molecule is CC(C)C(NC(=O)CC[C@@H](C)C1CCC2C3C(O)CC4C[C@H](O)CC[C@]4(C)C3C[C@H](O)[C@@]21C)C(=O)N[C@@H](Cc1ccc(O)c(O)c1)C(=O)O. The molecule has 1 aromatic carbocycles. The van der Waals surface area contributed by atoms with Crippen molar-refractivity contribution in [3.63, 3.8) is 0 Å². The summed E-state index contributed by atoms with van der Waals surface area (Å²) >= 11 is 0. The van der Waals surface area contributed by atoms with E-state index >= 15 is 0 Å². The van der Waals surface area contributed by atoms with E-state index in [-0.39, 0.29) is 88.6 Å². The predicted molar refractivity (Wildman–Crippen MR) is 182 cm³/mol. The highest BCUT2D eigenvalue weighted by molar-refractivity contribution is 5.90. The number of aromatic hydroxyl groups is 2. The first kappa shape index (κ1) is 37.4. The third-order valence-electron chi connectivity index (χ3n) is 13.7. The Bertz CT molecular complexity index is 1390. The van der Waals surface area contributed by atoms with Crippen molar-refractivity contribution in [3.8, 4) is 11.5 Å². The van der Waals surface area contributed by atoms with Gasteiger partial charge in [-0.3, -0.25) is 9.59 Å². The van der Waals surface area contributed by atoms with Crippen molar-refractivity contribution in [1.82, 2.24) is 10.6 Å². The van der Waals surface area contributed by atoms with Gasteiger partial charge in [0, 0.05) is 12.8 Å². The van der Waals surface area contributed by atoms with Crippen LogP contribution in [-0.4, -0.2) is 78.8 Å². The van der Waals surface area contributed by atoms with Crippen LogP contribution in [0, 0.1) is 52.3 Å². The van der Waals surface area contributed by atoms with Gasteiger partial charge < -0.3 is 41.3 Å². The van der Waals surface area contributed by atoms with E-state index in [1.807, 2.05) is 0 Å². The Morgan fingerprint density at radius 3 is 2.29 bits per heavy atom. The van der Waals surface area contributed by atoms with Crippen molar-refractivity contribution in [3.05, 3.63) is 23.8 Å². The van der Waals surface area contributed by atoms with Crippen LogP contribution in [0.5, 0.6) is 11.5 Å². The molecule has 49 heavy (non-hydrogen) atoms. The number of amides is 2. The molecular formula is C38H58N2O9. The van der Waals surface area contributed by atoms with E-state index < -0.39 is 36.2 Å². The number of aliphatic carboxylic acids is 1. The summed E-state index contributed by atoms with van der Waals surface area (Å²) in [5, 5.41) is 68.3. The Morgan fingerprint density at radius 1 is 0.918 bits per heavy atom. The monoisotopic (exact) mass is 686 g/mol. The number of phenols is 2. The third kappa shape index (κ3) is 7.17. The van der Waals surface area contributed by atoms with E-state index in [9.17, 15) is 45.0 Å². The number of aliphatic hydroxyl groups excluding tert-OH is 3. The van der Waals surface area contributed by atoms with E-state index in [0.29, 0.717) is 24.8 Å². The molecule has 5 rings (SSSR count). The van der Waals surface area contributed by atoms with Crippen molar-refractivity contribution in [2.75, 3.05) is 0 Å². The molecule has 4 aliphatic carbocycles. The van der Waals surface area contributed by atoms with E-state index in [2.05, 4.69) is 31.4 Å². The van der Waals surface area contributed by atoms with Gasteiger partial charge in [0.25, 0.3) is 0 Å². The zero-order valence-corrected chi connectivity index (χ0v) is 29.6. The number of rotatable bonds is 11. The number of hydrogen-bond acceptors (Lipinski definition) is 8. The molecule has 0 saturated heterocycles. The highest BCUT2D eigenvalue weighted by Crippen LogP contribution is 2.68. The van der Waals surface area contributed by atoms with Crippen LogP contribution < -0.4 is 10.6 Å². The van der Waals surface area contributed by atoms with Gasteiger partial charge in [-0.1, -0.05) is 40.7 Å². The maximum absolute atomic E-state index is 13.3. The molecule has 4 saturated carbocycles. The van der Waals surface area contributed by atoms with Crippen LogP contribution in [0.4, 0.5) is 0 Å². The van der Waals surface area contributed by atoms with Crippen LogP contribution >= 0.6 is 0 Å². The Kier molecular flexibility index (Phi) is 11.0. The fourth-order valence-corrected chi connectivity index (χ4v) is 10.9. The zero-order chi connectivity index (χ0) is 36.0. The van der Waals surface area contributed by atoms with Crippen molar-refractivity contribution in [1.29, 1.82) is 0 Å². The number of aliphatic hydroxyl groups is 3. The number of hydrogen-bond donors (Lipinski definition) is 8. The minimum Gasteiger partial charge on any atom is -0.504 e. The lowest BCUT2D eigenvalue weighted by molar-refractivity contribution is -0.207. The predicted octanol–water partition coefficient (Wildman–Crippen LogP) is 3.73. The molecule has 8 N–H and O–H groups in total. The molecule has 4 fully saturated rings. The lowest BCUT2D eigenvalue weighted by Crippen LogP contribution is -2.62. The molecular weight excluding hydrogens is 628 g/mol. The van der Waals surface area contributed by atoms with Gasteiger partial charge in [-0.15, -0.1) is 0 Å². The molecule has 0 aliphatic heterocycles. The second-order valence-electron chi connectivity index (χ2n) is 16.8. The number of benzene rings is 1. The Hall–Kier alpha value is -2.89. The average Bonchev–Trinajstić information content (AvgIpc) is 3.39. The Balaban J connectivity index is 1.20. The summed E-state index contributed by atoms with van der Waals surface area (Å²) in [6.07, 6.45) is 4.97. The largest absolute Gasteiger partial charge is 0.504 e. The van der Waals surface area contributed by atoms with Crippen LogP contribution in [-0.2, 0) is 20.8 Å². The molecule has 2 amide bonds. The molecule has 11 nitrogen and oxygen atoms in total. The molecule has 4 aliphatic rings. The van der Waals surface area contributed by atoms with Gasteiger partial charge in [0.15, 0.2) is 11.5 Å². The summed E-state index contributed by atoms with van der Waals surface area (Å²) in [7, 11) is 0. The number of carbonyl (C=O) groups excluding carboxylic acids is 2. The number of fused-ring (bicyclic) bond motifs is 5. The number of nitrogens with one attached hydrogen (secondary N) is 2. The van der Waals surface area contributed by atoms with Gasteiger partial charge in [-0.05, 0) is 121 Å². The smallest absolute Gasteiger partial charge is 0.326 e. The van der Waals surface area contributed by atoms with E-state index in [1.54, 1.807) is 13.8 Å². The second-order valence-corrected chi connectivity index (χ2v) is 16.8. The van der Waals surface area contributed by atoms with Crippen LogP contribution in [0.3, 0.4) is 0 Å². The van der Waals surface area contributed by atoms with Crippen molar-refractivity contribution < 1.29 is 45.0 Å². The first-order valence-corrected chi connectivity index (χ1v) is 18.3. The van der Waals surface area contributed by atoms with Crippen molar-refractivity contribution >= 4 is 17.8 Å². The van der Waals surface area contributed by atoms with E-state index in [0.717, 1.165) is 32.1 Å². The number of phenolic OH excluding ortho intramolecular Hbond substituents is 2. The van der Waals surface area contributed by atoms with E-state index in [1.165, 1.54) is 18.2 Å². The van der Waals surface area contributed by atoms with Gasteiger partial charge in [0.05, 0.1) is 18.3 Å². The maximum Gasteiger partial charge on any atom is 0.326 e. The standard InChI is InChI=1S/C38H58N2O9/c1-19(2)34(35(47)39-27(36(48)49)14-21-7-10-28(42)29(43)15-21)40-32(46)11-6-20(3)24-8-9-25-33-26(18-31(45)38(24,25)5)37(4)13-12-23(41)16-22(37)17-30(33)44/h7,10,15,19-20,22-27,30-31,33-34,41-45H,6,8-9,11-14,16-18H2,1-5H3,(H,39,47)(H,40,46)(H,48,49)/t20-,22?,23-,24?,25?,26?,27+,30?,31+,33?,34?,37+,38-/m1/s1. The average molecular weight is 687 g/mol. The zero-order valence-electron chi connectivity index (χ0n) is 29.6. The quantitative estimate of drug-likeness (QED) is 0.160. The molecule has 274 valence electrons. The van der Waals surface area contributed by atoms with Crippen LogP contribution in [0.2, 0.25) is 0 Å². The molecule has 13 atom stereocenters. The summed E-state index contributed by atoms with van der Waals surface area (Å²) in [6, 6.07) is 1.69. The van der Waals surface area contributed by atoms with Crippen LogP contribution in [0.1, 0.15) is 98.0 Å². The molecule has 0 spiro atoms. The molecule has 11 heteroatoms. The third-order valence-corrected chi connectivity index (χ3v) is 13.7. The first-order chi connectivity index (χ1) is 23.0. The highest BCUT2D eigenvalue weighted by atomic mass is 16.4. The van der Waals surface area contributed by atoms with E-state index in [4.69, 9.17) is 0 Å². The highest BCUT2D eigenvalue weighted by Gasteiger charge is 2.65. The topological polar surface area (TPSA) is 197 Å². The number of carboxylic acids is 1. The summed E-state index contributed by atoms with van der Waals surface area (Å²) in [4.78, 5) is 38.5. The number of carbonyl (C=O) groups is 3. The molecule has 0 heterocycles. The molecule has 0 aromatic heterocycles. The molecule has 1 aromatic rings. The van der Waals surface area contributed by atoms with Gasteiger partial charge in [-0.2, -0.15) is 0 Å². The van der Waals surface area contributed by atoms with Gasteiger partial charge >= 0.3 is 5.97 Å². The maximum atomic E-state index is 13.3. The fraction of sp³-hybridized carbons (Fsp3) is 0.763. The second kappa shape index (κ2) is 14.4. The Labute approximate surface area is 289 Å². The summed E-state index contributed by atoms with van der Waals surface area (Å²) in [5.41, 5.74) is 0.0373. The van der Waals surface area contributed by atoms with Gasteiger partial charge in [-0.25, -0.2) is 4.79 Å². The van der Waals surface area contributed by atoms with Gasteiger partial charge in [0.2, 0.25) is 11.8 Å². The normalized spacial score (nSPS) is 37.2. The first-order valence-electron chi connectivity index (χ1n) is 18.3. The van der Waals surface area contributed by atoms with Gasteiger partial charge in [0.1, 0.15) is 12.1 Å². The molecule has 0 radical (unpaired) electrons. The molecule has 0 bridgehead atoms.